The molecule has 0 atom stereocenters. The summed E-state index contributed by atoms with van der Waals surface area (Å²) in [5.74, 6) is -2.84. The zero-order valence-electron chi connectivity index (χ0n) is 8.39. The minimum atomic E-state index is -4.94. The van der Waals surface area contributed by atoms with Gasteiger partial charge < -0.3 is 0 Å². The first kappa shape index (κ1) is 13.6. The smallest absolute Gasteiger partial charge is 0.294 e. The van der Waals surface area contributed by atoms with E-state index in [4.69, 9.17) is 0 Å². The van der Waals surface area contributed by atoms with Crippen molar-refractivity contribution in [3.8, 4) is 0 Å². The minimum absolute atomic E-state index is 0.107. The zero-order chi connectivity index (χ0) is 12.1. The molecule has 0 fully saturated rings. The Balaban J connectivity index is 4.57. The van der Waals surface area contributed by atoms with Crippen LogP contribution in [0.25, 0.3) is 0 Å². The Morgan fingerprint density at radius 1 is 1.20 bits per heavy atom. The quantitative estimate of drug-likeness (QED) is 0.414. The van der Waals surface area contributed by atoms with Crippen molar-refractivity contribution in [1.82, 2.24) is 0 Å². The number of ketones is 2. The Labute approximate surface area is 85.5 Å². The van der Waals surface area contributed by atoms with Crippen LogP contribution in [0.5, 0.6) is 0 Å². The Kier molecular flexibility index (Phi) is 4.97. The third-order valence-electron chi connectivity index (χ3n) is 1.62. The lowest BCUT2D eigenvalue weighted by Gasteiger charge is -2.04. The number of alkyl halides is 3. The molecule has 15 heavy (non-hydrogen) atoms. The van der Waals surface area contributed by atoms with Gasteiger partial charge in [-0.25, -0.2) is 0 Å². The first-order valence-electron chi connectivity index (χ1n) is 4.25. The second kappa shape index (κ2) is 5.48. The van der Waals surface area contributed by atoms with E-state index in [9.17, 15) is 22.8 Å². The highest BCUT2D eigenvalue weighted by Crippen LogP contribution is 2.19. The van der Waals surface area contributed by atoms with Crippen molar-refractivity contribution in [2.24, 2.45) is 0 Å². The van der Waals surface area contributed by atoms with Gasteiger partial charge in [-0.1, -0.05) is 18.2 Å². The van der Waals surface area contributed by atoms with Gasteiger partial charge >= 0.3 is 6.18 Å². The number of hydrogen-bond acceptors (Lipinski definition) is 2. The Morgan fingerprint density at radius 3 is 2.07 bits per heavy atom. The number of carbonyl (C=O) groups excluding carboxylic acids is 2. The van der Waals surface area contributed by atoms with Crippen molar-refractivity contribution in [1.29, 1.82) is 0 Å². The molecule has 0 radical (unpaired) electrons. The summed E-state index contributed by atoms with van der Waals surface area (Å²) in [6.07, 6.45) is -1.82. The van der Waals surface area contributed by atoms with Gasteiger partial charge in [0, 0.05) is 5.57 Å². The molecular formula is C10H11F3O2. The fourth-order valence-corrected chi connectivity index (χ4v) is 0.878. The van der Waals surface area contributed by atoms with Crippen molar-refractivity contribution in [3.63, 3.8) is 0 Å². The van der Waals surface area contributed by atoms with Crippen molar-refractivity contribution >= 4 is 11.6 Å². The maximum Gasteiger partial charge on any atom is 0.450 e. The molecular weight excluding hydrogens is 209 g/mol. The molecule has 0 aromatic carbocycles. The summed E-state index contributed by atoms with van der Waals surface area (Å²) >= 11 is 0. The van der Waals surface area contributed by atoms with Gasteiger partial charge in [0.2, 0.25) is 5.78 Å². The third-order valence-corrected chi connectivity index (χ3v) is 1.62. The van der Waals surface area contributed by atoms with E-state index in [2.05, 4.69) is 0 Å². The second-order valence-electron chi connectivity index (χ2n) is 2.76. The maximum atomic E-state index is 11.8. The van der Waals surface area contributed by atoms with Gasteiger partial charge in [-0.3, -0.25) is 9.59 Å². The fraction of sp³-hybridized carbons (Fsp3) is 0.400. The van der Waals surface area contributed by atoms with Crippen molar-refractivity contribution in [2.75, 3.05) is 0 Å². The first-order valence-corrected chi connectivity index (χ1v) is 4.25. The van der Waals surface area contributed by atoms with Crippen LogP contribution < -0.4 is 0 Å². The molecule has 0 heterocycles. The fourth-order valence-electron chi connectivity index (χ4n) is 0.878. The van der Waals surface area contributed by atoms with Crippen LogP contribution in [0.2, 0.25) is 0 Å². The predicted octanol–water partition coefficient (Wildman–Crippen LogP) is 2.60. The van der Waals surface area contributed by atoms with E-state index in [0.717, 1.165) is 0 Å². The molecule has 2 nitrogen and oxygen atoms in total. The molecule has 0 unspecified atom stereocenters. The molecule has 0 spiro atoms. The Bertz CT molecular complexity index is 311. The predicted molar refractivity (Wildman–Crippen MR) is 49.3 cm³/mol. The number of hydrogen-bond donors (Lipinski definition) is 0. The maximum absolute atomic E-state index is 11.8. The number of carbonyl (C=O) groups is 2. The van der Waals surface area contributed by atoms with Gasteiger partial charge in [-0.05, 0) is 13.8 Å². The molecule has 0 aromatic rings. The average molecular weight is 220 g/mol. The first-order chi connectivity index (χ1) is 6.82. The normalized spacial score (nSPS) is 13.3. The van der Waals surface area contributed by atoms with Crippen LogP contribution in [0.1, 0.15) is 20.3 Å². The molecule has 0 amide bonds. The van der Waals surface area contributed by atoms with Gasteiger partial charge in [0.25, 0.3) is 0 Å². The molecule has 0 aliphatic rings. The summed E-state index contributed by atoms with van der Waals surface area (Å²) in [6.45, 7) is 3.15. The summed E-state index contributed by atoms with van der Waals surface area (Å²) in [5, 5.41) is 0. The van der Waals surface area contributed by atoms with Gasteiger partial charge in [-0.2, -0.15) is 13.2 Å². The highest BCUT2D eigenvalue weighted by molar-refractivity contribution is 6.10. The van der Waals surface area contributed by atoms with Crippen LogP contribution in [0, 0.1) is 0 Å². The van der Waals surface area contributed by atoms with E-state index in [1.165, 1.54) is 25.2 Å². The van der Waals surface area contributed by atoms with E-state index < -0.39 is 24.2 Å². The monoisotopic (exact) mass is 220 g/mol. The molecule has 5 heteroatoms. The van der Waals surface area contributed by atoms with E-state index in [-0.39, 0.29) is 5.57 Å². The molecule has 0 rings (SSSR count). The van der Waals surface area contributed by atoms with E-state index in [0.29, 0.717) is 0 Å². The van der Waals surface area contributed by atoms with Crippen LogP contribution in [0.3, 0.4) is 0 Å². The van der Waals surface area contributed by atoms with Crippen LogP contribution >= 0.6 is 0 Å². The summed E-state index contributed by atoms with van der Waals surface area (Å²) < 4.78 is 35.5. The highest BCUT2D eigenvalue weighted by atomic mass is 19.4. The Morgan fingerprint density at radius 2 is 1.73 bits per heavy atom. The number of rotatable bonds is 4. The molecule has 0 N–H and O–H groups in total. The van der Waals surface area contributed by atoms with Gasteiger partial charge in [-0.15, -0.1) is 0 Å². The lowest BCUT2D eigenvalue weighted by atomic mass is 10.1. The average Bonchev–Trinajstić information content (AvgIpc) is 2.12. The van der Waals surface area contributed by atoms with Crippen LogP contribution in [0.4, 0.5) is 13.2 Å². The minimum Gasteiger partial charge on any atom is -0.294 e. The van der Waals surface area contributed by atoms with E-state index in [1.807, 2.05) is 0 Å². The van der Waals surface area contributed by atoms with Crippen molar-refractivity contribution < 1.29 is 22.8 Å². The molecule has 0 saturated heterocycles. The van der Waals surface area contributed by atoms with Crippen LogP contribution in [-0.2, 0) is 9.59 Å². The van der Waals surface area contributed by atoms with Crippen molar-refractivity contribution in [3.05, 3.63) is 23.8 Å². The molecule has 0 aromatic heterocycles. The van der Waals surface area contributed by atoms with Gasteiger partial charge in [0.1, 0.15) is 0 Å². The summed E-state index contributed by atoms with van der Waals surface area (Å²) in [7, 11) is 0. The number of halogens is 3. The third kappa shape index (κ3) is 4.58. The number of Topliss-reactive ketones (excluding diaryl/α,β-unsaturated/α-hetero) is 2. The summed E-state index contributed by atoms with van der Waals surface area (Å²) in [4.78, 5) is 21.7. The SMILES string of the molecule is C/C=C\C(=C/C)C(=O)CC(=O)C(F)(F)F. The van der Waals surface area contributed by atoms with Gasteiger partial charge in [0.05, 0.1) is 6.42 Å². The second-order valence-corrected chi connectivity index (χ2v) is 2.76. The molecule has 0 saturated carbocycles. The largest absolute Gasteiger partial charge is 0.450 e. The molecule has 84 valence electrons. The van der Waals surface area contributed by atoms with Crippen LogP contribution in [-0.4, -0.2) is 17.7 Å². The molecule has 0 aliphatic heterocycles. The zero-order valence-corrected chi connectivity index (χ0v) is 8.39. The lowest BCUT2D eigenvalue weighted by Crippen LogP contribution is -2.25. The standard InChI is InChI=1S/C10H11F3O2/c1-3-5-7(4-2)8(14)6-9(15)10(11,12)13/h3-5H,6H2,1-2H3/b5-3-,7-4+. The van der Waals surface area contributed by atoms with Crippen LogP contribution in [0.15, 0.2) is 23.8 Å². The molecule has 0 bridgehead atoms. The Hall–Kier alpha value is -1.39. The summed E-state index contributed by atoms with van der Waals surface area (Å²) in [6, 6.07) is 0. The topological polar surface area (TPSA) is 34.1 Å². The molecule has 0 aliphatic carbocycles. The van der Waals surface area contributed by atoms with E-state index >= 15 is 0 Å². The van der Waals surface area contributed by atoms with E-state index in [1.54, 1.807) is 6.92 Å². The number of allylic oxidation sites excluding steroid dienone is 4. The van der Waals surface area contributed by atoms with Crippen molar-refractivity contribution in [2.45, 2.75) is 26.4 Å². The van der Waals surface area contributed by atoms with Gasteiger partial charge in [0.15, 0.2) is 5.78 Å². The lowest BCUT2D eigenvalue weighted by molar-refractivity contribution is -0.171. The summed E-state index contributed by atoms with van der Waals surface area (Å²) in [5.41, 5.74) is 0.107. The highest BCUT2D eigenvalue weighted by Gasteiger charge is 2.39.